The minimum Gasteiger partial charge on any atom is -0.497 e. The van der Waals surface area contributed by atoms with Crippen LogP contribution in [0.25, 0.3) is 0 Å². The zero-order chi connectivity index (χ0) is 14.8. The molecule has 3 heteroatoms. The fourth-order valence-corrected chi connectivity index (χ4v) is 3.86. The fraction of sp³-hybridized carbons (Fsp3) is 0.667. The van der Waals surface area contributed by atoms with Gasteiger partial charge in [-0.2, -0.15) is 0 Å². The van der Waals surface area contributed by atoms with Crippen LogP contribution in [-0.4, -0.2) is 37.7 Å². The van der Waals surface area contributed by atoms with Gasteiger partial charge in [-0.15, -0.1) is 0 Å². The average Bonchev–Trinajstić information content (AvgIpc) is 2.45. The Morgan fingerprint density at radius 2 is 2.10 bits per heavy atom. The number of rotatable bonds is 5. The van der Waals surface area contributed by atoms with Gasteiger partial charge in [0.25, 0.3) is 0 Å². The quantitative estimate of drug-likeness (QED) is 0.901. The van der Waals surface area contributed by atoms with Crippen LogP contribution in [0.2, 0.25) is 0 Å². The van der Waals surface area contributed by atoms with E-state index in [9.17, 15) is 0 Å². The topological polar surface area (TPSA) is 24.5 Å². The molecule has 1 saturated carbocycles. The second-order valence-corrected chi connectivity index (χ2v) is 6.46. The van der Waals surface area contributed by atoms with Crippen LogP contribution in [0.15, 0.2) is 18.2 Å². The van der Waals surface area contributed by atoms with Gasteiger partial charge in [0.1, 0.15) is 5.75 Å². The molecule has 1 fully saturated rings. The van der Waals surface area contributed by atoms with Crippen LogP contribution in [0.3, 0.4) is 0 Å². The van der Waals surface area contributed by atoms with E-state index in [1.54, 1.807) is 7.11 Å². The number of nitrogens with zero attached hydrogens (tertiary/aromatic N) is 1. The number of benzene rings is 1. The minimum atomic E-state index is 0.430. The van der Waals surface area contributed by atoms with Crippen LogP contribution in [-0.2, 0) is 6.42 Å². The fourth-order valence-electron chi connectivity index (χ4n) is 3.86. The molecule has 21 heavy (non-hydrogen) atoms. The SMILES string of the molecule is CCNC1c2cc(OC)ccc2CCC1N(C)C1CCC1. The molecule has 116 valence electrons. The van der Waals surface area contributed by atoms with Crippen molar-refractivity contribution in [1.82, 2.24) is 10.2 Å². The first-order valence-corrected chi connectivity index (χ1v) is 8.36. The Balaban J connectivity index is 1.88. The van der Waals surface area contributed by atoms with Crippen LogP contribution in [0.4, 0.5) is 0 Å². The van der Waals surface area contributed by atoms with Gasteiger partial charge in [0.15, 0.2) is 0 Å². The lowest BCUT2D eigenvalue weighted by atomic mass is 9.81. The third-order valence-electron chi connectivity index (χ3n) is 5.38. The summed E-state index contributed by atoms with van der Waals surface area (Å²) < 4.78 is 5.44. The second kappa shape index (κ2) is 6.37. The first-order valence-electron chi connectivity index (χ1n) is 8.36. The molecule has 0 saturated heterocycles. The highest BCUT2D eigenvalue weighted by atomic mass is 16.5. The third kappa shape index (κ3) is 2.82. The molecule has 0 amide bonds. The highest BCUT2D eigenvalue weighted by Gasteiger charge is 2.36. The molecular weight excluding hydrogens is 260 g/mol. The van der Waals surface area contributed by atoms with Crippen LogP contribution in [0.1, 0.15) is 49.8 Å². The molecule has 0 spiro atoms. The number of hydrogen-bond donors (Lipinski definition) is 1. The molecule has 2 aliphatic carbocycles. The first kappa shape index (κ1) is 14.9. The number of hydrogen-bond acceptors (Lipinski definition) is 3. The predicted octanol–water partition coefficient (Wildman–Crippen LogP) is 3.14. The van der Waals surface area contributed by atoms with Gasteiger partial charge in [-0.3, -0.25) is 4.90 Å². The first-order chi connectivity index (χ1) is 10.2. The van der Waals surface area contributed by atoms with Crippen LogP contribution in [0.5, 0.6) is 5.75 Å². The summed E-state index contributed by atoms with van der Waals surface area (Å²) in [4.78, 5) is 2.64. The van der Waals surface area contributed by atoms with Crippen molar-refractivity contribution in [3.8, 4) is 5.75 Å². The lowest BCUT2D eigenvalue weighted by Crippen LogP contribution is -2.51. The monoisotopic (exact) mass is 288 g/mol. The van der Waals surface area contributed by atoms with Gasteiger partial charge in [-0.05, 0) is 62.5 Å². The lowest BCUT2D eigenvalue weighted by Gasteiger charge is -2.46. The van der Waals surface area contributed by atoms with Gasteiger partial charge in [-0.1, -0.05) is 19.4 Å². The Hall–Kier alpha value is -1.06. The van der Waals surface area contributed by atoms with Crippen molar-refractivity contribution in [2.75, 3.05) is 20.7 Å². The van der Waals surface area contributed by atoms with Crippen molar-refractivity contribution in [3.05, 3.63) is 29.3 Å². The smallest absolute Gasteiger partial charge is 0.119 e. The molecule has 0 aliphatic heterocycles. The van der Waals surface area contributed by atoms with E-state index in [0.29, 0.717) is 12.1 Å². The third-order valence-corrected chi connectivity index (χ3v) is 5.38. The Kier molecular flexibility index (Phi) is 4.51. The standard InChI is InChI=1S/C18H28N2O/c1-4-19-18-16-12-15(21-3)10-8-13(16)9-11-17(18)20(2)14-6-5-7-14/h8,10,12,14,17-19H,4-7,9,11H2,1-3H3. The van der Waals surface area contributed by atoms with Crippen molar-refractivity contribution >= 4 is 0 Å². The maximum absolute atomic E-state index is 5.44. The summed E-state index contributed by atoms with van der Waals surface area (Å²) in [6.45, 7) is 3.21. The molecule has 2 unspecified atom stereocenters. The number of methoxy groups -OCH3 is 1. The average molecular weight is 288 g/mol. The Morgan fingerprint density at radius 3 is 2.71 bits per heavy atom. The number of likely N-dealkylation sites (N-methyl/N-ethyl adjacent to an activating group) is 2. The molecule has 1 aromatic rings. The molecule has 3 rings (SSSR count). The molecular formula is C18H28N2O. The zero-order valence-corrected chi connectivity index (χ0v) is 13.6. The van der Waals surface area contributed by atoms with E-state index in [-0.39, 0.29) is 0 Å². The van der Waals surface area contributed by atoms with Crippen LogP contribution in [0, 0.1) is 0 Å². The largest absolute Gasteiger partial charge is 0.497 e. The molecule has 0 aromatic heterocycles. The summed E-state index contributed by atoms with van der Waals surface area (Å²) in [5.74, 6) is 0.976. The van der Waals surface area contributed by atoms with E-state index in [0.717, 1.165) is 18.3 Å². The lowest BCUT2D eigenvalue weighted by molar-refractivity contribution is 0.0775. The summed E-state index contributed by atoms with van der Waals surface area (Å²) in [7, 11) is 4.08. The van der Waals surface area contributed by atoms with Gasteiger partial charge < -0.3 is 10.1 Å². The number of fused-ring (bicyclic) bond motifs is 1. The Bertz CT molecular complexity index is 484. The summed E-state index contributed by atoms with van der Waals surface area (Å²) in [6.07, 6.45) is 6.58. The van der Waals surface area contributed by atoms with E-state index in [1.807, 2.05) is 0 Å². The molecule has 3 nitrogen and oxygen atoms in total. The van der Waals surface area contributed by atoms with Gasteiger partial charge in [-0.25, -0.2) is 0 Å². The zero-order valence-electron chi connectivity index (χ0n) is 13.6. The van der Waals surface area contributed by atoms with Crippen molar-refractivity contribution in [2.24, 2.45) is 0 Å². The van der Waals surface area contributed by atoms with E-state index < -0.39 is 0 Å². The van der Waals surface area contributed by atoms with Gasteiger partial charge >= 0.3 is 0 Å². The van der Waals surface area contributed by atoms with Gasteiger partial charge in [0, 0.05) is 18.1 Å². The van der Waals surface area contributed by atoms with Crippen LogP contribution >= 0.6 is 0 Å². The molecule has 2 aliphatic rings. The summed E-state index contributed by atoms with van der Waals surface area (Å²) in [5.41, 5.74) is 2.93. The van der Waals surface area contributed by atoms with E-state index in [2.05, 4.69) is 42.4 Å². The summed E-state index contributed by atoms with van der Waals surface area (Å²) in [5, 5.41) is 3.73. The molecule has 0 heterocycles. The predicted molar refractivity (Wildman–Crippen MR) is 86.9 cm³/mol. The molecule has 0 radical (unpaired) electrons. The normalized spacial score (nSPS) is 25.5. The second-order valence-electron chi connectivity index (χ2n) is 6.46. The highest BCUT2D eigenvalue weighted by molar-refractivity contribution is 5.40. The summed E-state index contributed by atoms with van der Waals surface area (Å²) >= 11 is 0. The molecule has 1 aromatic carbocycles. The minimum absolute atomic E-state index is 0.430. The molecule has 0 bridgehead atoms. The number of nitrogens with one attached hydrogen (secondary N) is 1. The van der Waals surface area contributed by atoms with Crippen molar-refractivity contribution < 1.29 is 4.74 Å². The summed E-state index contributed by atoms with van der Waals surface area (Å²) in [6, 6.07) is 8.41. The molecule has 1 N–H and O–H groups in total. The van der Waals surface area contributed by atoms with E-state index >= 15 is 0 Å². The maximum atomic E-state index is 5.44. The van der Waals surface area contributed by atoms with Gasteiger partial charge in [0.2, 0.25) is 0 Å². The number of aryl methyl sites for hydroxylation is 1. The van der Waals surface area contributed by atoms with Crippen molar-refractivity contribution in [3.63, 3.8) is 0 Å². The number of ether oxygens (including phenoxy) is 1. The van der Waals surface area contributed by atoms with Gasteiger partial charge in [0.05, 0.1) is 7.11 Å². The highest BCUT2D eigenvalue weighted by Crippen LogP contribution is 2.37. The van der Waals surface area contributed by atoms with Crippen molar-refractivity contribution in [2.45, 2.75) is 57.2 Å². The Morgan fingerprint density at radius 1 is 1.29 bits per heavy atom. The van der Waals surface area contributed by atoms with E-state index in [4.69, 9.17) is 4.74 Å². The Labute approximate surface area is 128 Å². The van der Waals surface area contributed by atoms with Crippen molar-refractivity contribution in [1.29, 1.82) is 0 Å². The van der Waals surface area contributed by atoms with Crippen LogP contribution < -0.4 is 10.1 Å². The van der Waals surface area contributed by atoms with E-state index in [1.165, 1.54) is 43.2 Å². The maximum Gasteiger partial charge on any atom is 0.119 e. The molecule has 2 atom stereocenters.